The summed E-state index contributed by atoms with van der Waals surface area (Å²) in [7, 11) is 1.92. The van der Waals surface area contributed by atoms with Crippen LogP contribution in [0.4, 0.5) is 0 Å². The van der Waals surface area contributed by atoms with Crippen LogP contribution in [-0.2, 0) is 14.3 Å². The number of ether oxygens (including phenoxy) is 1. The second kappa shape index (κ2) is 7.20. The molecule has 1 heterocycles. The first-order valence-electron chi connectivity index (χ1n) is 9.02. The number of hydrogen-bond donors (Lipinski definition) is 1. The molecule has 2 fully saturated rings. The molecule has 1 N–H and O–H groups in total. The van der Waals surface area contributed by atoms with Crippen molar-refractivity contribution in [3.8, 4) is 0 Å². The predicted molar refractivity (Wildman–Crippen MR) is 89.6 cm³/mol. The zero-order chi connectivity index (χ0) is 17.2. The smallest absolute Gasteiger partial charge is 0.305 e. The Kier molecular flexibility index (Phi) is 5.71. The van der Waals surface area contributed by atoms with Gasteiger partial charge < -0.3 is 9.64 Å². The van der Waals surface area contributed by atoms with E-state index in [1.54, 1.807) is 6.92 Å². The molecule has 1 aliphatic carbocycles. The molecule has 2 rings (SSSR count). The number of esters is 1. The highest BCUT2D eigenvalue weighted by atomic mass is 16.5. The predicted octanol–water partition coefficient (Wildman–Crippen LogP) is 2.55. The highest BCUT2D eigenvalue weighted by Crippen LogP contribution is 2.45. The summed E-state index contributed by atoms with van der Waals surface area (Å²) in [5, 5.41) is 3.63. The van der Waals surface area contributed by atoms with E-state index >= 15 is 0 Å². The Morgan fingerprint density at radius 2 is 2.13 bits per heavy atom. The molecule has 4 atom stereocenters. The molecule has 5 heteroatoms. The van der Waals surface area contributed by atoms with Crippen LogP contribution in [0.2, 0.25) is 0 Å². The van der Waals surface area contributed by atoms with Crippen LogP contribution < -0.4 is 5.32 Å². The molecular weight excluding hydrogens is 292 g/mol. The summed E-state index contributed by atoms with van der Waals surface area (Å²) in [4.78, 5) is 26.3. The van der Waals surface area contributed by atoms with Gasteiger partial charge in [-0.05, 0) is 43.9 Å². The van der Waals surface area contributed by atoms with Gasteiger partial charge in [0.1, 0.15) is 0 Å². The normalized spacial score (nSPS) is 34.4. The van der Waals surface area contributed by atoms with Gasteiger partial charge in [-0.2, -0.15) is 0 Å². The second-order valence-electron chi connectivity index (χ2n) is 7.60. The van der Waals surface area contributed by atoms with Gasteiger partial charge in [0.2, 0.25) is 5.91 Å². The molecule has 23 heavy (non-hydrogen) atoms. The number of carbonyl (C=O) groups is 2. The Balaban J connectivity index is 2.13. The molecule has 0 aromatic carbocycles. The number of nitrogens with zero attached hydrogens (tertiary/aromatic N) is 1. The molecule has 1 amide bonds. The lowest BCUT2D eigenvalue weighted by molar-refractivity contribution is -0.143. The number of amides is 1. The Labute approximate surface area is 140 Å². The third kappa shape index (κ3) is 3.54. The molecule has 0 aromatic rings. The first-order valence-corrected chi connectivity index (χ1v) is 9.02. The average Bonchev–Trinajstić information content (AvgIpc) is 2.70. The molecule has 0 unspecified atom stereocenters. The van der Waals surface area contributed by atoms with Crippen molar-refractivity contribution in [2.75, 3.05) is 13.7 Å². The second-order valence-corrected chi connectivity index (χ2v) is 7.60. The molecule has 2 aliphatic rings. The molecule has 0 radical (unpaired) electrons. The van der Waals surface area contributed by atoms with Gasteiger partial charge in [0.15, 0.2) is 0 Å². The molecule has 0 aromatic heterocycles. The monoisotopic (exact) mass is 324 g/mol. The van der Waals surface area contributed by atoms with Crippen LogP contribution in [0, 0.1) is 17.8 Å². The van der Waals surface area contributed by atoms with Crippen molar-refractivity contribution >= 4 is 11.9 Å². The molecule has 1 aliphatic heterocycles. The van der Waals surface area contributed by atoms with Crippen LogP contribution in [-0.4, -0.2) is 42.1 Å². The Hall–Kier alpha value is -1.10. The first kappa shape index (κ1) is 18.2. The van der Waals surface area contributed by atoms with Crippen LogP contribution >= 0.6 is 0 Å². The third-order valence-corrected chi connectivity index (χ3v) is 5.64. The molecule has 0 bridgehead atoms. The Morgan fingerprint density at radius 1 is 1.43 bits per heavy atom. The van der Waals surface area contributed by atoms with Crippen LogP contribution in [0.1, 0.15) is 59.8 Å². The number of rotatable bonds is 5. The summed E-state index contributed by atoms with van der Waals surface area (Å²) in [6, 6.07) is -0.268. The summed E-state index contributed by atoms with van der Waals surface area (Å²) >= 11 is 0. The molecule has 1 saturated carbocycles. The van der Waals surface area contributed by atoms with E-state index in [-0.39, 0.29) is 23.6 Å². The van der Waals surface area contributed by atoms with Gasteiger partial charge >= 0.3 is 5.97 Å². The van der Waals surface area contributed by atoms with Crippen LogP contribution in [0.5, 0.6) is 0 Å². The quantitative estimate of drug-likeness (QED) is 0.790. The van der Waals surface area contributed by atoms with Gasteiger partial charge in [-0.3, -0.25) is 14.9 Å². The fourth-order valence-electron chi connectivity index (χ4n) is 4.51. The maximum atomic E-state index is 12.7. The van der Waals surface area contributed by atoms with Gasteiger partial charge in [0.05, 0.1) is 18.3 Å². The first-order chi connectivity index (χ1) is 10.8. The van der Waals surface area contributed by atoms with Crippen LogP contribution in [0.3, 0.4) is 0 Å². The largest absolute Gasteiger partial charge is 0.466 e. The minimum Gasteiger partial charge on any atom is -0.466 e. The SMILES string of the molecule is CCOC(=O)CC[C@@H]1N[C@]2(C[C@H](C)CC[C@H]2C(C)C)N(C)C1=O. The van der Waals surface area contributed by atoms with E-state index in [0.717, 1.165) is 12.8 Å². The third-order valence-electron chi connectivity index (χ3n) is 5.64. The van der Waals surface area contributed by atoms with Gasteiger partial charge in [0.25, 0.3) is 0 Å². The molecule has 132 valence electrons. The molecule has 1 spiro atoms. The maximum absolute atomic E-state index is 12.7. The molecule has 1 saturated heterocycles. The van der Waals surface area contributed by atoms with Gasteiger partial charge in [-0.1, -0.05) is 27.2 Å². The van der Waals surface area contributed by atoms with Gasteiger partial charge in [0, 0.05) is 13.5 Å². The van der Waals surface area contributed by atoms with E-state index in [1.807, 2.05) is 11.9 Å². The van der Waals surface area contributed by atoms with E-state index in [4.69, 9.17) is 4.74 Å². The van der Waals surface area contributed by atoms with Crippen molar-refractivity contribution in [1.82, 2.24) is 10.2 Å². The topological polar surface area (TPSA) is 58.6 Å². The number of carbonyl (C=O) groups excluding carboxylic acids is 2. The lowest BCUT2D eigenvalue weighted by Gasteiger charge is -2.49. The van der Waals surface area contributed by atoms with E-state index in [9.17, 15) is 9.59 Å². The van der Waals surface area contributed by atoms with Crippen molar-refractivity contribution in [2.45, 2.75) is 71.5 Å². The van der Waals surface area contributed by atoms with Crippen LogP contribution in [0.25, 0.3) is 0 Å². The summed E-state index contributed by atoms with van der Waals surface area (Å²) in [6.07, 6.45) is 4.18. The van der Waals surface area contributed by atoms with Gasteiger partial charge in [-0.25, -0.2) is 0 Å². The van der Waals surface area contributed by atoms with Gasteiger partial charge in [-0.15, -0.1) is 0 Å². The highest BCUT2D eigenvalue weighted by Gasteiger charge is 2.55. The maximum Gasteiger partial charge on any atom is 0.305 e. The molecule has 5 nitrogen and oxygen atoms in total. The van der Waals surface area contributed by atoms with Crippen molar-refractivity contribution in [2.24, 2.45) is 17.8 Å². The van der Waals surface area contributed by atoms with Crippen molar-refractivity contribution in [3.05, 3.63) is 0 Å². The summed E-state index contributed by atoms with van der Waals surface area (Å²) in [6.45, 7) is 8.95. The fourth-order valence-corrected chi connectivity index (χ4v) is 4.51. The van der Waals surface area contributed by atoms with E-state index in [2.05, 4.69) is 26.1 Å². The summed E-state index contributed by atoms with van der Waals surface area (Å²) < 4.78 is 4.99. The number of hydrogen-bond acceptors (Lipinski definition) is 4. The van der Waals surface area contributed by atoms with E-state index in [0.29, 0.717) is 37.2 Å². The zero-order valence-corrected chi connectivity index (χ0v) is 15.2. The van der Waals surface area contributed by atoms with Crippen molar-refractivity contribution in [1.29, 1.82) is 0 Å². The van der Waals surface area contributed by atoms with E-state index in [1.165, 1.54) is 6.42 Å². The lowest BCUT2D eigenvalue weighted by atomic mass is 9.69. The summed E-state index contributed by atoms with van der Waals surface area (Å²) in [5.41, 5.74) is -0.248. The van der Waals surface area contributed by atoms with Crippen molar-refractivity contribution < 1.29 is 14.3 Å². The summed E-state index contributed by atoms with van der Waals surface area (Å²) in [5.74, 6) is 1.49. The number of likely N-dealkylation sites (N-methyl/N-ethyl adjacent to an activating group) is 1. The average molecular weight is 324 g/mol. The minimum absolute atomic E-state index is 0.119. The fraction of sp³-hybridized carbons (Fsp3) is 0.889. The minimum atomic E-state index is -0.268. The zero-order valence-electron chi connectivity index (χ0n) is 15.2. The highest BCUT2D eigenvalue weighted by molar-refractivity contribution is 5.85. The van der Waals surface area contributed by atoms with Crippen molar-refractivity contribution in [3.63, 3.8) is 0 Å². The Morgan fingerprint density at radius 3 is 2.74 bits per heavy atom. The van der Waals surface area contributed by atoms with E-state index < -0.39 is 0 Å². The number of nitrogens with one attached hydrogen (secondary N) is 1. The van der Waals surface area contributed by atoms with Crippen LogP contribution in [0.15, 0.2) is 0 Å². The lowest BCUT2D eigenvalue weighted by Crippen LogP contribution is -2.60. The Bertz CT molecular complexity index is 452. The standard InChI is InChI=1S/C18H32N2O3/c1-6-23-16(21)10-9-15-17(22)20(5)18(19-15)11-13(4)7-8-14(18)12(2)3/h12-15,19H,6-11H2,1-5H3/t13-,14+,15+,18-/m1/s1. The molecular formula is C18H32N2O3.